The first-order valence-electron chi connectivity index (χ1n) is 6.86. The Morgan fingerprint density at radius 1 is 1.44 bits per heavy atom. The molecule has 0 bridgehead atoms. The van der Waals surface area contributed by atoms with Gasteiger partial charge in [-0.15, -0.1) is 0 Å². The van der Waals surface area contributed by atoms with Crippen molar-refractivity contribution < 1.29 is 9.53 Å². The normalized spacial score (nSPS) is 24.4. The summed E-state index contributed by atoms with van der Waals surface area (Å²) in [6.07, 6.45) is 4.73. The van der Waals surface area contributed by atoms with Crippen molar-refractivity contribution in [1.29, 1.82) is 0 Å². The van der Waals surface area contributed by atoms with Crippen LogP contribution in [0.25, 0.3) is 0 Å². The topological polar surface area (TPSA) is 41.6 Å². The Morgan fingerprint density at radius 2 is 2.17 bits per heavy atom. The van der Waals surface area contributed by atoms with Crippen molar-refractivity contribution in [3.63, 3.8) is 0 Å². The number of amides is 1. The standard InChI is InChI=1S/C14H24N2O2/c1-12(2)3-7-16-8-4-14(5-9-16)11-13(17)15-6-10-18-14/h3H,4-11H2,1-2H3,(H,15,17). The van der Waals surface area contributed by atoms with Gasteiger partial charge in [-0.25, -0.2) is 0 Å². The lowest BCUT2D eigenvalue weighted by molar-refractivity contribution is -0.128. The Balaban J connectivity index is 1.88. The number of carbonyl (C=O) groups excluding carboxylic acids is 1. The Morgan fingerprint density at radius 3 is 2.83 bits per heavy atom. The highest BCUT2D eigenvalue weighted by Gasteiger charge is 2.38. The molecule has 0 aromatic rings. The zero-order valence-electron chi connectivity index (χ0n) is 11.5. The molecule has 4 nitrogen and oxygen atoms in total. The average Bonchev–Trinajstić information content (AvgIpc) is 2.51. The van der Waals surface area contributed by atoms with Gasteiger partial charge < -0.3 is 10.1 Å². The van der Waals surface area contributed by atoms with Crippen molar-refractivity contribution in [2.24, 2.45) is 0 Å². The van der Waals surface area contributed by atoms with Gasteiger partial charge in [0.2, 0.25) is 5.91 Å². The predicted molar refractivity (Wildman–Crippen MR) is 71.4 cm³/mol. The van der Waals surface area contributed by atoms with E-state index in [1.807, 2.05) is 0 Å². The summed E-state index contributed by atoms with van der Waals surface area (Å²) in [5, 5.41) is 2.88. The molecule has 0 aromatic carbocycles. The molecule has 18 heavy (non-hydrogen) atoms. The first kappa shape index (κ1) is 13.6. The highest BCUT2D eigenvalue weighted by atomic mass is 16.5. The molecule has 2 rings (SSSR count). The summed E-state index contributed by atoms with van der Waals surface area (Å²) in [5.74, 6) is 0.144. The van der Waals surface area contributed by atoms with Crippen LogP contribution in [0.4, 0.5) is 0 Å². The molecule has 2 fully saturated rings. The number of piperidine rings is 1. The average molecular weight is 252 g/mol. The number of hydrogen-bond donors (Lipinski definition) is 1. The summed E-state index contributed by atoms with van der Waals surface area (Å²) in [6.45, 7) is 8.63. The zero-order valence-corrected chi connectivity index (χ0v) is 11.5. The summed E-state index contributed by atoms with van der Waals surface area (Å²) in [5.41, 5.74) is 1.17. The van der Waals surface area contributed by atoms with Crippen LogP contribution in [0, 0.1) is 0 Å². The van der Waals surface area contributed by atoms with Crippen LogP contribution < -0.4 is 5.32 Å². The van der Waals surface area contributed by atoms with Crippen molar-refractivity contribution in [3.8, 4) is 0 Å². The molecule has 0 aromatic heterocycles. The van der Waals surface area contributed by atoms with Gasteiger partial charge in [0.15, 0.2) is 0 Å². The SMILES string of the molecule is CC(C)=CCN1CCC2(CC1)CC(=O)NCCO2. The molecular weight excluding hydrogens is 228 g/mol. The fourth-order valence-electron chi connectivity index (χ4n) is 2.64. The molecule has 0 saturated carbocycles. The molecule has 2 saturated heterocycles. The van der Waals surface area contributed by atoms with Crippen molar-refractivity contribution >= 4 is 5.91 Å². The van der Waals surface area contributed by atoms with Crippen molar-refractivity contribution in [3.05, 3.63) is 11.6 Å². The van der Waals surface area contributed by atoms with Gasteiger partial charge in [0, 0.05) is 26.2 Å². The Kier molecular flexibility index (Phi) is 4.40. The number of rotatable bonds is 2. The number of nitrogens with zero attached hydrogens (tertiary/aromatic N) is 1. The third-order valence-electron chi connectivity index (χ3n) is 3.84. The second kappa shape index (κ2) is 5.85. The molecule has 1 spiro atoms. The van der Waals surface area contributed by atoms with Crippen molar-refractivity contribution in [1.82, 2.24) is 10.2 Å². The molecule has 0 atom stereocenters. The van der Waals surface area contributed by atoms with Crippen LogP contribution in [-0.4, -0.2) is 49.2 Å². The number of ether oxygens (including phenoxy) is 1. The summed E-state index contributed by atoms with van der Waals surface area (Å²) < 4.78 is 5.95. The maximum absolute atomic E-state index is 11.6. The first-order valence-corrected chi connectivity index (χ1v) is 6.86. The third kappa shape index (κ3) is 3.56. The lowest BCUT2D eigenvalue weighted by Crippen LogP contribution is -2.47. The fourth-order valence-corrected chi connectivity index (χ4v) is 2.64. The summed E-state index contributed by atoms with van der Waals surface area (Å²) in [7, 11) is 0. The maximum atomic E-state index is 11.6. The molecule has 2 heterocycles. The van der Waals surface area contributed by atoms with Gasteiger partial charge in [-0.05, 0) is 26.7 Å². The van der Waals surface area contributed by atoms with E-state index in [1.54, 1.807) is 0 Å². The van der Waals surface area contributed by atoms with Gasteiger partial charge in [0.1, 0.15) is 0 Å². The van der Waals surface area contributed by atoms with Gasteiger partial charge in [-0.1, -0.05) is 11.6 Å². The van der Waals surface area contributed by atoms with E-state index in [2.05, 4.69) is 30.1 Å². The Labute approximate surface area is 109 Å². The van der Waals surface area contributed by atoms with E-state index < -0.39 is 0 Å². The molecule has 0 aliphatic carbocycles. The van der Waals surface area contributed by atoms with Crippen LogP contribution in [-0.2, 0) is 9.53 Å². The zero-order chi connectivity index (χ0) is 13.0. The minimum Gasteiger partial charge on any atom is -0.373 e. The molecular formula is C14H24N2O2. The van der Waals surface area contributed by atoms with Crippen LogP contribution in [0.3, 0.4) is 0 Å². The number of likely N-dealkylation sites (tertiary alicyclic amines) is 1. The largest absolute Gasteiger partial charge is 0.373 e. The number of carbonyl (C=O) groups is 1. The Bertz CT molecular complexity index is 327. The van der Waals surface area contributed by atoms with E-state index in [9.17, 15) is 4.79 Å². The smallest absolute Gasteiger partial charge is 0.222 e. The minimum atomic E-state index is -0.192. The van der Waals surface area contributed by atoms with Crippen LogP contribution in [0.5, 0.6) is 0 Å². The minimum absolute atomic E-state index is 0.144. The maximum Gasteiger partial charge on any atom is 0.222 e. The predicted octanol–water partition coefficient (Wildman–Crippen LogP) is 1.32. The van der Waals surface area contributed by atoms with E-state index in [0.717, 1.165) is 32.5 Å². The Hall–Kier alpha value is -0.870. The molecule has 0 unspecified atom stereocenters. The fraction of sp³-hybridized carbons (Fsp3) is 0.786. The highest BCUT2D eigenvalue weighted by molar-refractivity contribution is 5.77. The van der Waals surface area contributed by atoms with E-state index in [0.29, 0.717) is 19.6 Å². The van der Waals surface area contributed by atoms with Crippen molar-refractivity contribution in [2.75, 3.05) is 32.8 Å². The molecule has 0 radical (unpaired) electrons. The van der Waals surface area contributed by atoms with Gasteiger partial charge in [-0.2, -0.15) is 0 Å². The molecule has 2 aliphatic rings. The monoisotopic (exact) mass is 252 g/mol. The van der Waals surface area contributed by atoms with E-state index in [4.69, 9.17) is 4.74 Å². The van der Waals surface area contributed by atoms with Crippen LogP contribution in [0.1, 0.15) is 33.1 Å². The molecule has 102 valence electrons. The summed E-state index contributed by atoms with van der Waals surface area (Å²) >= 11 is 0. The lowest BCUT2D eigenvalue weighted by atomic mass is 9.87. The van der Waals surface area contributed by atoms with E-state index >= 15 is 0 Å². The molecule has 1 N–H and O–H groups in total. The molecule has 1 amide bonds. The van der Waals surface area contributed by atoms with E-state index in [1.165, 1.54) is 5.57 Å². The summed E-state index contributed by atoms with van der Waals surface area (Å²) in [6, 6.07) is 0. The van der Waals surface area contributed by atoms with Gasteiger partial charge in [0.25, 0.3) is 0 Å². The summed E-state index contributed by atoms with van der Waals surface area (Å²) in [4.78, 5) is 14.1. The number of hydrogen-bond acceptors (Lipinski definition) is 3. The lowest BCUT2D eigenvalue weighted by Gasteiger charge is -2.40. The van der Waals surface area contributed by atoms with Crippen LogP contribution >= 0.6 is 0 Å². The van der Waals surface area contributed by atoms with Gasteiger partial charge in [-0.3, -0.25) is 9.69 Å². The van der Waals surface area contributed by atoms with Crippen molar-refractivity contribution in [2.45, 2.75) is 38.7 Å². The highest BCUT2D eigenvalue weighted by Crippen LogP contribution is 2.30. The van der Waals surface area contributed by atoms with Gasteiger partial charge in [0.05, 0.1) is 18.6 Å². The van der Waals surface area contributed by atoms with Crippen LogP contribution in [0.2, 0.25) is 0 Å². The second-order valence-corrected chi connectivity index (χ2v) is 5.64. The number of allylic oxidation sites excluding steroid dienone is 1. The molecule has 4 heteroatoms. The third-order valence-corrected chi connectivity index (χ3v) is 3.84. The first-order chi connectivity index (χ1) is 8.60. The quantitative estimate of drug-likeness (QED) is 0.754. The van der Waals surface area contributed by atoms with Gasteiger partial charge >= 0.3 is 0 Å². The molecule has 2 aliphatic heterocycles. The second-order valence-electron chi connectivity index (χ2n) is 5.64. The number of nitrogens with one attached hydrogen (secondary N) is 1. The van der Waals surface area contributed by atoms with E-state index in [-0.39, 0.29) is 11.5 Å². The van der Waals surface area contributed by atoms with Crippen LogP contribution in [0.15, 0.2) is 11.6 Å².